The van der Waals surface area contributed by atoms with Gasteiger partial charge in [-0.1, -0.05) is 105 Å². The van der Waals surface area contributed by atoms with Gasteiger partial charge in [-0.05, 0) is 83.1 Å². The van der Waals surface area contributed by atoms with Gasteiger partial charge in [-0.2, -0.15) is 0 Å². The van der Waals surface area contributed by atoms with Crippen molar-refractivity contribution in [3.05, 3.63) is 59.2 Å². The highest BCUT2D eigenvalue weighted by Gasteiger charge is 2.38. The predicted octanol–water partition coefficient (Wildman–Crippen LogP) is 5.32. The number of allylic oxidation sites excluding steroid dienone is 1. The molecule has 0 fully saturated rings. The van der Waals surface area contributed by atoms with E-state index in [2.05, 4.69) is 26.6 Å². The fourth-order valence-corrected chi connectivity index (χ4v) is 9.67. The zero-order valence-corrected chi connectivity index (χ0v) is 52.8. The first kappa shape index (κ1) is 73.4. The minimum absolute atomic E-state index is 0.0316. The van der Waals surface area contributed by atoms with Crippen LogP contribution >= 0.6 is 21.6 Å². The first-order valence-corrected chi connectivity index (χ1v) is 31.4. The molecular weight excluding hydrogens is 1110 g/mol. The lowest BCUT2D eigenvalue weighted by atomic mass is 9.90. The van der Waals surface area contributed by atoms with Crippen LogP contribution in [0, 0.1) is 17.8 Å². The lowest BCUT2D eigenvalue weighted by molar-refractivity contribution is -0.155. The largest absolute Gasteiger partial charge is 0.456 e. The maximum absolute atomic E-state index is 14.3. The fraction of sp³-hybridized carbons (Fsp3) is 0.678. The Morgan fingerprint density at radius 3 is 2.01 bits per heavy atom. The van der Waals surface area contributed by atoms with E-state index < -0.39 is 108 Å². The van der Waals surface area contributed by atoms with Gasteiger partial charge in [0.1, 0.15) is 36.4 Å². The molecule has 0 bridgehead atoms. The van der Waals surface area contributed by atoms with E-state index in [1.165, 1.54) is 45.8 Å². The zero-order chi connectivity index (χ0) is 62.0. The molecule has 0 saturated carbocycles. The van der Waals surface area contributed by atoms with Crippen molar-refractivity contribution in [3.8, 4) is 0 Å². The SMILES string of the molecule is C/C=C(\C)[C@H]1OC(=O)[C@@H](C)NC(=O)[C@H](C(C)CC)NC(=O)CN(C)C(=O)[C@@H](Cc2ccccc2)N(C)C(=O)[C@H](C)NC(=O)[C@@H](CC(C)C)OC(=O)/C(C)=C/C[C@H](OC(=O)NCCCOCCOCCOCCCNC(=O)CCSSC)[C@@H]1C. The van der Waals surface area contributed by atoms with E-state index in [0.29, 0.717) is 77.4 Å². The Kier molecular flexibility index (Phi) is 35.9. The third kappa shape index (κ3) is 28.2. The Bertz CT molecular complexity index is 2270. The van der Waals surface area contributed by atoms with Crippen molar-refractivity contribution in [2.45, 2.75) is 157 Å². The van der Waals surface area contributed by atoms with Crippen LogP contribution < -0.4 is 26.6 Å². The lowest BCUT2D eigenvalue weighted by Gasteiger charge is -2.33. The summed E-state index contributed by atoms with van der Waals surface area (Å²) in [6, 6.07) is 4.25. The molecule has 1 aromatic carbocycles. The number of rotatable bonds is 26. The number of hydrogen-bond donors (Lipinski definition) is 5. The second-order valence-electron chi connectivity index (χ2n) is 21.1. The summed E-state index contributed by atoms with van der Waals surface area (Å²) in [5, 5.41) is 13.7. The highest BCUT2D eigenvalue weighted by Crippen LogP contribution is 2.26. The van der Waals surface area contributed by atoms with Crippen LogP contribution in [0.5, 0.6) is 0 Å². The molecule has 1 heterocycles. The van der Waals surface area contributed by atoms with Gasteiger partial charge < -0.3 is 64.8 Å². The van der Waals surface area contributed by atoms with Gasteiger partial charge in [-0.3, -0.25) is 28.8 Å². The minimum Gasteiger partial charge on any atom is -0.456 e. The molecule has 5 N–H and O–H groups in total. The van der Waals surface area contributed by atoms with Crippen molar-refractivity contribution < 1.29 is 71.6 Å². The summed E-state index contributed by atoms with van der Waals surface area (Å²) in [6.45, 7) is 19.3. The number of amides is 7. The van der Waals surface area contributed by atoms with Crippen LogP contribution in [-0.4, -0.2) is 191 Å². The summed E-state index contributed by atoms with van der Waals surface area (Å²) in [7, 11) is 6.12. The molecule has 1 unspecified atom stereocenters. The van der Waals surface area contributed by atoms with Crippen molar-refractivity contribution in [2.24, 2.45) is 17.8 Å². The van der Waals surface area contributed by atoms with Gasteiger partial charge in [-0.25, -0.2) is 14.4 Å². The first-order valence-electron chi connectivity index (χ1n) is 28.7. The molecule has 9 atom stereocenters. The van der Waals surface area contributed by atoms with E-state index in [9.17, 15) is 43.2 Å². The predicted molar refractivity (Wildman–Crippen MR) is 321 cm³/mol. The molecule has 468 valence electrons. The number of nitrogens with zero attached hydrogens (tertiary/aromatic N) is 2. The maximum atomic E-state index is 14.3. The fourth-order valence-electron chi connectivity index (χ4n) is 8.49. The molecule has 1 aliphatic rings. The number of carbonyl (C=O) groups excluding carboxylic acids is 9. The van der Waals surface area contributed by atoms with Crippen molar-refractivity contribution in [3.63, 3.8) is 0 Å². The molecule has 1 aliphatic heterocycles. The van der Waals surface area contributed by atoms with E-state index in [4.69, 9.17) is 28.4 Å². The Hall–Kier alpha value is -5.69. The van der Waals surface area contributed by atoms with Crippen LogP contribution in [-0.2, 0) is 73.2 Å². The van der Waals surface area contributed by atoms with Gasteiger partial charge in [0.2, 0.25) is 29.5 Å². The number of likely N-dealkylation sites (N-methyl/N-ethyl adjacent to an activating group) is 2. The van der Waals surface area contributed by atoms with Gasteiger partial charge in [-0.15, -0.1) is 0 Å². The van der Waals surface area contributed by atoms with Crippen molar-refractivity contribution in [2.75, 3.05) is 85.4 Å². The normalized spacial score (nSPS) is 23.7. The maximum Gasteiger partial charge on any atom is 0.407 e. The van der Waals surface area contributed by atoms with Gasteiger partial charge in [0.15, 0.2) is 6.10 Å². The van der Waals surface area contributed by atoms with Gasteiger partial charge >= 0.3 is 18.0 Å². The van der Waals surface area contributed by atoms with Crippen molar-refractivity contribution in [1.29, 1.82) is 0 Å². The number of esters is 2. The summed E-state index contributed by atoms with van der Waals surface area (Å²) in [5.74, 6) is -5.52. The van der Waals surface area contributed by atoms with Crippen LogP contribution in [0.3, 0.4) is 0 Å². The number of alkyl carbamates (subject to hydrolysis) is 1. The van der Waals surface area contributed by atoms with E-state index in [1.807, 2.05) is 33.1 Å². The highest BCUT2D eigenvalue weighted by molar-refractivity contribution is 8.76. The number of hydrogen-bond acceptors (Lipinski definition) is 17. The summed E-state index contributed by atoms with van der Waals surface area (Å²) < 4.78 is 34.8. The number of nitrogens with one attached hydrogen (secondary N) is 5. The third-order valence-corrected chi connectivity index (χ3v) is 15.7. The number of benzene rings is 1. The molecule has 0 radical (unpaired) electrons. The second-order valence-corrected chi connectivity index (χ2v) is 23.8. The molecule has 83 heavy (non-hydrogen) atoms. The van der Waals surface area contributed by atoms with Crippen molar-refractivity contribution >= 4 is 75.1 Å². The smallest absolute Gasteiger partial charge is 0.407 e. The third-order valence-electron chi connectivity index (χ3n) is 13.9. The van der Waals surface area contributed by atoms with E-state index in [1.54, 1.807) is 79.6 Å². The number of cyclic esters (lactones) is 2. The topological polar surface area (TPSA) is 276 Å². The number of carbonyl (C=O) groups is 9. The van der Waals surface area contributed by atoms with Crippen LogP contribution in [0.2, 0.25) is 0 Å². The van der Waals surface area contributed by atoms with Gasteiger partial charge in [0.05, 0.1) is 33.0 Å². The molecule has 2 rings (SSSR count). The highest BCUT2D eigenvalue weighted by atomic mass is 33.1. The lowest BCUT2D eigenvalue weighted by Crippen LogP contribution is -2.57. The molecule has 0 saturated heterocycles. The van der Waals surface area contributed by atoms with E-state index in [-0.39, 0.29) is 43.2 Å². The van der Waals surface area contributed by atoms with Crippen LogP contribution in [0.4, 0.5) is 4.79 Å². The molecule has 1 aromatic rings. The number of ether oxygens (including phenoxy) is 6. The summed E-state index contributed by atoms with van der Waals surface area (Å²) in [4.78, 5) is 126. The average molecular weight is 1210 g/mol. The summed E-state index contributed by atoms with van der Waals surface area (Å²) in [5.41, 5.74) is 1.38. The average Bonchev–Trinajstić information content (AvgIpc) is 3.65. The molecule has 7 amide bonds. The molecule has 0 spiro atoms. The van der Waals surface area contributed by atoms with E-state index in [0.717, 1.165) is 16.2 Å². The quantitative estimate of drug-likeness (QED) is 0.0258. The Labute approximate surface area is 499 Å². The Balaban J connectivity index is 2.36. The zero-order valence-electron chi connectivity index (χ0n) is 51.2. The van der Waals surface area contributed by atoms with Crippen LogP contribution in [0.1, 0.15) is 113 Å². The van der Waals surface area contributed by atoms with Crippen LogP contribution in [0.15, 0.2) is 53.6 Å². The van der Waals surface area contributed by atoms with Crippen molar-refractivity contribution in [1.82, 2.24) is 36.4 Å². The van der Waals surface area contributed by atoms with Crippen LogP contribution in [0.25, 0.3) is 0 Å². The summed E-state index contributed by atoms with van der Waals surface area (Å²) >= 11 is 0. The van der Waals surface area contributed by atoms with E-state index >= 15 is 0 Å². The Morgan fingerprint density at radius 1 is 0.819 bits per heavy atom. The minimum atomic E-state index is -1.34. The molecule has 24 heteroatoms. The standard InChI is InChI=1S/C59H95N7O15S2/c1-14-39(5)51-54(70)63-44(10)58(74)81-52(40(6)15-2)42(8)47(80-59(75)61-27-20-29-77-31-33-78-32-30-76-28-19-26-60-49(67)25-34-83-82-13)24-23-41(7)57(73)79-48(35-38(3)4)53(69)62-43(9)55(71)66(12)46(36-45-21-17-16-18-22-45)56(72)65(11)37-50(68)64-51/h15-18,21-23,38-39,42-44,46-48,51-52H,14,19-20,24-37H2,1-13H3,(H,60,67)(H,61,75)(H,62,69)(H,63,70)(H,64,68)/b40-15+,41-23+/t39?,42-,43-,44+,46+,47-,48+,51-,52+/m0/s1. The second kappa shape index (κ2) is 40.6. The Morgan fingerprint density at radius 2 is 1.42 bits per heavy atom. The van der Waals surface area contributed by atoms with Gasteiger partial charge in [0, 0.05) is 76.9 Å². The monoisotopic (exact) mass is 1210 g/mol. The molecule has 22 nitrogen and oxygen atoms in total. The van der Waals surface area contributed by atoms with Gasteiger partial charge in [0.25, 0.3) is 5.91 Å². The summed E-state index contributed by atoms with van der Waals surface area (Å²) in [6.07, 6.45) is 3.17. The molecular formula is C59H95N7O15S2. The molecule has 0 aliphatic carbocycles. The first-order chi connectivity index (χ1) is 39.4. The molecule has 0 aromatic heterocycles.